The molecule has 2 N–H and O–H groups in total. The molecule has 2 aromatic rings. The number of H-pyrrole nitrogens is 1. The van der Waals surface area contributed by atoms with E-state index in [4.69, 9.17) is 0 Å². The van der Waals surface area contributed by atoms with Crippen molar-refractivity contribution in [3.8, 4) is 0 Å². The van der Waals surface area contributed by atoms with Crippen molar-refractivity contribution >= 4 is 17.4 Å². The van der Waals surface area contributed by atoms with Crippen molar-refractivity contribution in [1.29, 1.82) is 0 Å². The Balaban J connectivity index is 1.22. The van der Waals surface area contributed by atoms with Gasteiger partial charge in [0.05, 0.1) is 0 Å². The lowest BCUT2D eigenvalue weighted by Gasteiger charge is -2.36. The minimum absolute atomic E-state index is 0.170. The summed E-state index contributed by atoms with van der Waals surface area (Å²) in [6, 6.07) is 8.03. The molecule has 8 heteroatoms. The first-order valence-electron chi connectivity index (χ1n) is 11.8. The number of benzene rings is 1. The molecule has 1 amide bonds. The average molecular weight is 438 g/mol. The molecule has 2 fully saturated rings. The van der Waals surface area contributed by atoms with Crippen molar-refractivity contribution in [2.24, 2.45) is 0 Å². The van der Waals surface area contributed by atoms with Crippen LogP contribution in [0.25, 0.3) is 0 Å². The summed E-state index contributed by atoms with van der Waals surface area (Å²) in [7, 11) is 0. The first-order chi connectivity index (χ1) is 15.6. The van der Waals surface area contributed by atoms with Crippen molar-refractivity contribution in [3.05, 3.63) is 56.2 Å². The van der Waals surface area contributed by atoms with E-state index in [1.165, 1.54) is 30.0 Å². The van der Waals surface area contributed by atoms with Crippen LogP contribution in [0.4, 0.5) is 11.5 Å². The number of anilines is 2. The highest BCUT2D eigenvalue weighted by Crippen LogP contribution is 2.26. The normalized spacial score (nSPS) is 19.3. The zero-order valence-electron chi connectivity index (χ0n) is 18.4. The minimum Gasteiger partial charge on any atom is -0.342 e. The molecule has 3 heterocycles. The molecular formula is C24H31N5O3. The smallest absolute Gasteiger partial charge is 0.330 e. The summed E-state index contributed by atoms with van der Waals surface area (Å²) >= 11 is 0. The molecule has 0 unspecified atom stereocenters. The SMILES string of the molecule is O=C(Cn1c(=O)cc(Nc2ccc3c(c2)CCC3)[nH]c1=O)N1CCC(N2CCCC2)CC1. The summed E-state index contributed by atoms with van der Waals surface area (Å²) in [5, 5.41) is 3.12. The maximum Gasteiger partial charge on any atom is 0.330 e. The molecule has 8 nitrogen and oxygen atoms in total. The van der Waals surface area contributed by atoms with E-state index >= 15 is 0 Å². The molecule has 170 valence electrons. The lowest BCUT2D eigenvalue weighted by molar-refractivity contribution is -0.133. The van der Waals surface area contributed by atoms with Crippen molar-refractivity contribution in [1.82, 2.24) is 19.4 Å². The van der Waals surface area contributed by atoms with Gasteiger partial charge in [-0.3, -0.25) is 19.1 Å². The largest absolute Gasteiger partial charge is 0.342 e. The summed E-state index contributed by atoms with van der Waals surface area (Å²) in [4.78, 5) is 45.0. The predicted molar refractivity (Wildman–Crippen MR) is 123 cm³/mol. The van der Waals surface area contributed by atoms with Crippen LogP contribution in [0.5, 0.6) is 0 Å². The number of likely N-dealkylation sites (tertiary alicyclic amines) is 2. The highest BCUT2D eigenvalue weighted by molar-refractivity contribution is 5.76. The second-order valence-corrected chi connectivity index (χ2v) is 9.23. The summed E-state index contributed by atoms with van der Waals surface area (Å²) in [6.45, 7) is 3.47. The van der Waals surface area contributed by atoms with Gasteiger partial charge in [0.1, 0.15) is 12.4 Å². The van der Waals surface area contributed by atoms with Gasteiger partial charge in [-0.15, -0.1) is 0 Å². The second-order valence-electron chi connectivity index (χ2n) is 9.23. The third-order valence-electron chi connectivity index (χ3n) is 7.17. The van der Waals surface area contributed by atoms with E-state index in [-0.39, 0.29) is 12.5 Å². The topological polar surface area (TPSA) is 90.4 Å². The number of piperidine rings is 1. The number of aromatic amines is 1. The van der Waals surface area contributed by atoms with E-state index in [9.17, 15) is 14.4 Å². The Hall–Kier alpha value is -2.87. The fraction of sp³-hybridized carbons (Fsp3) is 0.542. The van der Waals surface area contributed by atoms with Crippen LogP contribution in [0.1, 0.15) is 43.2 Å². The Bertz CT molecular complexity index is 1080. The average Bonchev–Trinajstić information content (AvgIpc) is 3.48. The van der Waals surface area contributed by atoms with Crippen molar-refractivity contribution < 1.29 is 4.79 Å². The molecule has 2 saturated heterocycles. The summed E-state index contributed by atoms with van der Waals surface area (Å²) in [5.74, 6) is 0.171. The maximum absolute atomic E-state index is 12.8. The highest BCUT2D eigenvalue weighted by atomic mass is 16.2. The molecule has 2 aliphatic heterocycles. The maximum atomic E-state index is 12.8. The number of aromatic nitrogens is 2. The van der Waals surface area contributed by atoms with E-state index in [1.54, 1.807) is 4.90 Å². The van der Waals surface area contributed by atoms with Crippen LogP contribution >= 0.6 is 0 Å². The molecule has 1 aromatic carbocycles. The first kappa shape index (κ1) is 21.0. The van der Waals surface area contributed by atoms with Crippen molar-refractivity contribution in [3.63, 3.8) is 0 Å². The summed E-state index contributed by atoms with van der Waals surface area (Å²) in [5.41, 5.74) is 2.47. The molecule has 0 bridgehead atoms. The van der Waals surface area contributed by atoms with Gasteiger partial charge >= 0.3 is 5.69 Å². The van der Waals surface area contributed by atoms with E-state index < -0.39 is 11.2 Å². The van der Waals surface area contributed by atoms with Gasteiger partial charge in [-0.25, -0.2) is 4.79 Å². The Morgan fingerprint density at radius 1 is 0.969 bits per heavy atom. The monoisotopic (exact) mass is 437 g/mol. The van der Waals surface area contributed by atoms with Gasteiger partial charge < -0.3 is 15.1 Å². The molecule has 0 atom stereocenters. The quantitative estimate of drug-likeness (QED) is 0.745. The first-order valence-corrected chi connectivity index (χ1v) is 11.8. The molecule has 5 rings (SSSR count). The Labute approximate surface area is 187 Å². The number of carbonyl (C=O) groups excluding carboxylic acids is 1. The van der Waals surface area contributed by atoms with Gasteiger partial charge in [0, 0.05) is 30.9 Å². The molecule has 0 spiro atoms. The number of hydrogen-bond acceptors (Lipinski definition) is 5. The molecule has 1 aliphatic carbocycles. The van der Waals surface area contributed by atoms with Gasteiger partial charge in [-0.1, -0.05) is 6.07 Å². The molecule has 3 aliphatic rings. The van der Waals surface area contributed by atoms with E-state index in [0.717, 1.165) is 55.4 Å². The van der Waals surface area contributed by atoms with Crippen LogP contribution in [0.2, 0.25) is 0 Å². The van der Waals surface area contributed by atoms with Crippen LogP contribution in [-0.4, -0.2) is 57.5 Å². The van der Waals surface area contributed by atoms with Gasteiger partial charge in [-0.05, 0) is 81.3 Å². The van der Waals surface area contributed by atoms with E-state index in [0.29, 0.717) is 24.9 Å². The molecule has 0 radical (unpaired) electrons. The number of rotatable bonds is 5. The molecule has 32 heavy (non-hydrogen) atoms. The zero-order valence-corrected chi connectivity index (χ0v) is 18.4. The van der Waals surface area contributed by atoms with Gasteiger partial charge in [0.15, 0.2) is 0 Å². The third kappa shape index (κ3) is 4.37. The molecule has 1 aromatic heterocycles. The Morgan fingerprint density at radius 2 is 1.72 bits per heavy atom. The lowest BCUT2D eigenvalue weighted by Crippen LogP contribution is -2.48. The summed E-state index contributed by atoms with van der Waals surface area (Å²) < 4.78 is 0.989. The lowest BCUT2D eigenvalue weighted by atomic mass is 10.0. The van der Waals surface area contributed by atoms with Gasteiger partial charge in [0.25, 0.3) is 5.56 Å². The number of amides is 1. The van der Waals surface area contributed by atoms with Crippen LogP contribution in [0, 0.1) is 0 Å². The van der Waals surface area contributed by atoms with Crippen molar-refractivity contribution in [2.75, 3.05) is 31.5 Å². The Kier molecular flexibility index (Phi) is 5.87. The standard InChI is InChI=1S/C24H31N5O3/c30-22-15-21(25-19-7-6-17-4-3-5-18(17)14-19)26-24(32)29(22)16-23(31)28-12-8-20(9-13-28)27-10-1-2-11-27/h6-7,14-15,20,25H,1-5,8-13,16H2,(H,26,32). The van der Waals surface area contributed by atoms with Gasteiger partial charge in [-0.2, -0.15) is 0 Å². The number of hydrogen-bond donors (Lipinski definition) is 2. The van der Waals surface area contributed by atoms with Crippen LogP contribution in [-0.2, 0) is 24.2 Å². The van der Waals surface area contributed by atoms with Crippen LogP contribution < -0.4 is 16.6 Å². The van der Waals surface area contributed by atoms with E-state index in [2.05, 4.69) is 27.3 Å². The fourth-order valence-corrected chi connectivity index (χ4v) is 5.36. The Morgan fingerprint density at radius 3 is 2.47 bits per heavy atom. The number of aryl methyl sites for hydroxylation is 2. The van der Waals surface area contributed by atoms with Crippen molar-refractivity contribution in [2.45, 2.75) is 57.5 Å². The van der Waals surface area contributed by atoms with Crippen LogP contribution in [0.15, 0.2) is 33.9 Å². The molecule has 0 saturated carbocycles. The van der Waals surface area contributed by atoms with Crippen LogP contribution in [0.3, 0.4) is 0 Å². The third-order valence-corrected chi connectivity index (χ3v) is 7.17. The molecular weight excluding hydrogens is 406 g/mol. The van der Waals surface area contributed by atoms with E-state index in [1.807, 2.05) is 6.07 Å². The zero-order chi connectivity index (χ0) is 22.1. The minimum atomic E-state index is -0.568. The number of carbonyl (C=O) groups is 1. The second kappa shape index (κ2) is 8.94. The predicted octanol–water partition coefficient (Wildman–Crippen LogP) is 1.86. The fourth-order valence-electron chi connectivity index (χ4n) is 5.36. The number of nitrogens with zero attached hydrogens (tertiary/aromatic N) is 3. The summed E-state index contributed by atoms with van der Waals surface area (Å²) in [6.07, 6.45) is 7.77. The number of fused-ring (bicyclic) bond motifs is 1. The van der Waals surface area contributed by atoms with Gasteiger partial charge in [0.2, 0.25) is 5.91 Å². The highest BCUT2D eigenvalue weighted by Gasteiger charge is 2.28. The number of nitrogens with one attached hydrogen (secondary N) is 2.